The summed E-state index contributed by atoms with van der Waals surface area (Å²) in [4.78, 5) is 13.8. The molecule has 0 aliphatic rings. The van der Waals surface area contributed by atoms with Gasteiger partial charge in [0.2, 0.25) is 0 Å². The van der Waals surface area contributed by atoms with Crippen LogP contribution in [-0.4, -0.2) is 24.9 Å². The molecule has 1 aromatic carbocycles. The van der Waals surface area contributed by atoms with Crippen molar-refractivity contribution in [2.45, 2.75) is 6.61 Å². The SMILES string of the molecule is CNc1cc(Br)cnc1Cl.O=CCOCc1ccccc1. The van der Waals surface area contributed by atoms with Gasteiger partial charge in [0, 0.05) is 17.7 Å². The van der Waals surface area contributed by atoms with Crippen molar-refractivity contribution in [1.82, 2.24) is 4.98 Å². The molecule has 1 N–H and O–H groups in total. The third kappa shape index (κ3) is 7.22. The molecule has 0 aliphatic carbocycles. The lowest BCUT2D eigenvalue weighted by atomic mass is 10.2. The minimum absolute atomic E-state index is 0.175. The summed E-state index contributed by atoms with van der Waals surface area (Å²) in [6, 6.07) is 11.6. The molecule has 4 nitrogen and oxygen atoms in total. The number of nitrogens with one attached hydrogen (secondary N) is 1. The first kappa shape index (κ1) is 17.6. The number of nitrogens with zero attached hydrogens (tertiary/aromatic N) is 1. The van der Waals surface area contributed by atoms with Gasteiger partial charge in [-0.3, -0.25) is 0 Å². The fourth-order valence-corrected chi connectivity index (χ4v) is 1.93. The number of carbonyl (C=O) groups excluding carboxylic acids is 1. The minimum atomic E-state index is 0.175. The summed E-state index contributed by atoms with van der Waals surface area (Å²) in [5.74, 6) is 0. The second kappa shape index (κ2) is 10.3. The number of aldehydes is 1. The van der Waals surface area contributed by atoms with Gasteiger partial charge in [0.15, 0.2) is 5.15 Å². The molecular formula is C15H16BrClN2O2. The summed E-state index contributed by atoms with van der Waals surface area (Å²) in [6.07, 6.45) is 2.41. The lowest BCUT2D eigenvalue weighted by molar-refractivity contribution is -0.112. The number of anilines is 1. The van der Waals surface area contributed by atoms with Crippen LogP contribution in [0.4, 0.5) is 5.69 Å². The Morgan fingerprint density at radius 1 is 1.38 bits per heavy atom. The van der Waals surface area contributed by atoms with Crippen LogP contribution in [0.25, 0.3) is 0 Å². The Labute approximate surface area is 137 Å². The number of ether oxygens (including phenoxy) is 1. The van der Waals surface area contributed by atoms with Crippen molar-refractivity contribution >= 4 is 39.5 Å². The monoisotopic (exact) mass is 370 g/mol. The van der Waals surface area contributed by atoms with E-state index in [0.717, 1.165) is 22.0 Å². The van der Waals surface area contributed by atoms with Crippen LogP contribution in [0, 0.1) is 0 Å². The van der Waals surface area contributed by atoms with Gasteiger partial charge >= 0.3 is 0 Å². The Bertz CT molecular complexity index is 553. The molecule has 0 radical (unpaired) electrons. The molecule has 0 bridgehead atoms. The molecule has 1 heterocycles. The number of pyridine rings is 1. The van der Waals surface area contributed by atoms with Gasteiger partial charge in [-0.1, -0.05) is 41.9 Å². The summed E-state index contributed by atoms with van der Waals surface area (Å²) < 4.78 is 5.92. The van der Waals surface area contributed by atoms with Gasteiger partial charge in [0.25, 0.3) is 0 Å². The summed E-state index contributed by atoms with van der Waals surface area (Å²) in [5.41, 5.74) is 1.92. The van der Waals surface area contributed by atoms with E-state index in [9.17, 15) is 4.79 Å². The van der Waals surface area contributed by atoms with Crippen molar-refractivity contribution in [2.75, 3.05) is 19.0 Å². The number of aromatic nitrogens is 1. The van der Waals surface area contributed by atoms with Crippen molar-refractivity contribution < 1.29 is 9.53 Å². The van der Waals surface area contributed by atoms with E-state index in [-0.39, 0.29) is 6.61 Å². The standard InChI is InChI=1S/C9H10O2.C6H6BrClN2/c10-6-7-11-8-9-4-2-1-3-5-9;1-9-5-2-4(7)3-10-6(5)8/h1-6H,7-8H2;2-3,9H,1H3. The van der Waals surface area contributed by atoms with Gasteiger partial charge < -0.3 is 14.8 Å². The number of rotatable bonds is 5. The first-order chi connectivity index (χ1) is 10.2. The average Bonchev–Trinajstić information content (AvgIpc) is 2.52. The predicted octanol–water partition coefficient (Wildman–Crippen LogP) is 3.94. The van der Waals surface area contributed by atoms with Gasteiger partial charge in [-0.05, 0) is 27.6 Å². The van der Waals surface area contributed by atoms with Crippen LogP contribution in [0.15, 0.2) is 47.1 Å². The molecular weight excluding hydrogens is 356 g/mol. The van der Waals surface area contributed by atoms with Crippen molar-refractivity contribution in [3.05, 3.63) is 57.8 Å². The highest BCUT2D eigenvalue weighted by atomic mass is 79.9. The summed E-state index contributed by atoms with van der Waals surface area (Å²) >= 11 is 8.98. The van der Waals surface area contributed by atoms with E-state index < -0.39 is 0 Å². The van der Waals surface area contributed by atoms with Crippen LogP contribution in [-0.2, 0) is 16.1 Å². The molecule has 0 saturated heterocycles. The van der Waals surface area contributed by atoms with E-state index in [1.54, 1.807) is 13.2 Å². The van der Waals surface area contributed by atoms with E-state index in [1.807, 2.05) is 36.4 Å². The van der Waals surface area contributed by atoms with Gasteiger partial charge in [-0.15, -0.1) is 0 Å². The Morgan fingerprint density at radius 3 is 2.67 bits per heavy atom. The maximum absolute atomic E-state index is 9.87. The van der Waals surface area contributed by atoms with Gasteiger partial charge in [0.05, 0.1) is 12.3 Å². The Morgan fingerprint density at radius 2 is 2.10 bits per heavy atom. The molecule has 0 aliphatic heterocycles. The van der Waals surface area contributed by atoms with Gasteiger partial charge in [0.1, 0.15) is 12.9 Å². The fraction of sp³-hybridized carbons (Fsp3) is 0.200. The van der Waals surface area contributed by atoms with Crippen LogP contribution < -0.4 is 5.32 Å². The normalized spacial score (nSPS) is 9.48. The Kier molecular flexibility index (Phi) is 8.66. The lowest BCUT2D eigenvalue weighted by Crippen LogP contribution is -1.95. The molecule has 2 aromatic rings. The molecule has 112 valence electrons. The van der Waals surface area contributed by atoms with Crippen LogP contribution in [0.1, 0.15) is 5.56 Å². The molecule has 0 amide bonds. The third-order valence-corrected chi connectivity index (χ3v) is 3.11. The summed E-state index contributed by atoms with van der Waals surface area (Å²) in [7, 11) is 1.80. The van der Waals surface area contributed by atoms with Crippen molar-refractivity contribution in [2.24, 2.45) is 0 Å². The Balaban J connectivity index is 0.000000211. The molecule has 6 heteroatoms. The van der Waals surface area contributed by atoms with Crippen LogP contribution in [0.3, 0.4) is 0 Å². The van der Waals surface area contributed by atoms with E-state index in [4.69, 9.17) is 16.3 Å². The van der Waals surface area contributed by atoms with E-state index >= 15 is 0 Å². The maximum atomic E-state index is 9.87. The Hall–Kier alpha value is -1.43. The van der Waals surface area contributed by atoms with Crippen molar-refractivity contribution in [1.29, 1.82) is 0 Å². The van der Waals surface area contributed by atoms with Crippen molar-refractivity contribution in [3.63, 3.8) is 0 Å². The highest BCUT2D eigenvalue weighted by Gasteiger charge is 1.97. The van der Waals surface area contributed by atoms with Gasteiger partial charge in [-0.2, -0.15) is 0 Å². The minimum Gasteiger partial charge on any atom is -0.386 e. The topological polar surface area (TPSA) is 51.2 Å². The molecule has 0 unspecified atom stereocenters. The number of hydrogen-bond donors (Lipinski definition) is 1. The zero-order valence-corrected chi connectivity index (χ0v) is 13.9. The van der Waals surface area contributed by atoms with Gasteiger partial charge in [-0.25, -0.2) is 4.98 Å². The molecule has 0 spiro atoms. The predicted molar refractivity (Wildman–Crippen MR) is 88.7 cm³/mol. The summed E-state index contributed by atoms with van der Waals surface area (Å²) in [5, 5.41) is 3.40. The zero-order valence-electron chi connectivity index (χ0n) is 11.6. The second-order valence-corrected chi connectivity index (χ2v) is 5.18. The van der Waals surface area contributed by atoms with E-state index in [1.165, 1.54) is 0 Å². The molecule has 1 aromatic heterocycles. The van der Waals surface area contributed by atoms with Crippen LogP contribution >= 0.6 is 27.5 Å². The first-order valence-electron chi connectivity index (χ1n) is 6.21. The first-order valence-corrected chi connectivity index (χ1v) is 7.38. The number of hydrogen-bond acceptors (Lipinski definition) is 4. The number of carbonyl (C=O) groups is 1. The quantitative estimate of drug-likeness (QED) is 0.491. The molecule has 21 heavy (non-hydrogen) atoms. The molecule has 0 atom stereocenters. The number of halogens is 2. The smallest absolute Gasteiger partial charge is 0.152 e. The molecule has 2 rings (SSSR count). The van der Waals surface area contributed by atoms with E-state index in [2.05, 4.69) is 26.2 Å². The molecule has 0 saturated carbocycles. The molecule has 0 fully saturated rings. The average molecular weight is 372 g/mol. The fourth-order valence-electron chi connectivity index (χ4n) is 1.40. The maximum Gasteiger partial charge on any atom is 0.152 e. The van der Waals surface area contributed by atoms with Crippen molar-refractivity contribution in [3.8, 4) is 0 Å². The lowest BCUT2D eigenvalue weighted by Gasteiger charge is -2.00. The third-order valence-electron chi connectivity index (χ3n) is 2.37. The van der Waals surface area contributed by atoms with Crippen LogP contribution in [0.2, 0.25) is 5.15 Å². The largest absolute Gasteiger partial charge is 0.386 e. The number of benzene rings is 1. The highest BCUT2D eigenvalue weighted by Crippen LogP contribution is 2.21. The zero-order chi connectivity index (χ0) is 15.5. The second-order valence-electron chi connectivity index (χ2n) is 3.91. The highest BCUT2D eigenvalue weighted by molar-refractivity contribution is 9.10. The van der Waals surface area contributed by atoms with Crippen LogP contribution in [0.5, 0.6) is 0 Å². The summed E-state index contributed by atoms with van der Waals surface area (Å²) in [6.45, 7) is 0.689. The van der Waals surface area contributed by atoms with E-state index in [0.29, 0.717) is 11.8 Å².